The Morgan fingerprint density at radius 1 is 0.833 bits per heavy atom. The van der Waals surface area contributed by atoms with Crippen molar-refractivity contribution in [2.75, 3.05) is 5.32 Å². The summed E-state index contributed by atoms with van der Waals surface area (Å²) >= 11 is 0. The summed E-state index contributed by atoms with van der Waals surface area (Å²) < 4.78 is 5.92. The van der Waals surface area contributed by atoms with E-state index in [2.05, 4.69) is 72.9 Å². The molecule has 3 aromatic carbocycles. The average molecular weight is 315 g/mol. The summed E-state index contributed by atoms with van der Waals surface area (Å²) in [6.07, 6.45) is 2.25. The van der Waals surface area contributed by atoms with E-state index in [9.17, 15) is 0 Å². The molecule has 1 unspecified atom stereocenters. The molecule has 0 aliphatic heterocycles. The van der Waals surface area contributed by atoms with Gasteiger partial charge < -0.3 is 9.73 Å². The van der Waals surface area contributed by atoms with Crippen molar-refractivity contribution >= 4 is 27.6 Å². The zero-order chi connectivity index (χ0) is 16.4. The molecule has 0 amide bonds. The normalized spacial score (nSPS) is 12.5. The van der Waals surface area contributed by atoms with Gasteiger partial charge in [0, 0.05) is 16.5 Å². The van der Waals surface area contributed by atoms with E-state index in [-0.39, 0.29) is 0 Å². The molecule has 4 rings (SSSR count). The molecule has 120 valence electrons. The molecule has 1 atom stereocenters. The second kappa shape index (κ2) is 6.40. The first-order valence-electron chi connectivity index (χ1n) is 8.58. The molecule has 2 nitrogen and oxygen atoms in total. The topological polar surface area (TPSA) is 25.2 Å². The van der Waals surface area contributed by atoms with E-state index in [1.165, 1.54) is 16.3 Å². The maximum Gasteiger partial charge on any atom is 0.135 e. The monoisotopic (exact) mass is 315 g/mol. The molecule has 0 saturated carbocycles. The maximum atomic E-state index is 5.92. The Bertz CT molecular complexity index is 955. The molecular formula is C22H21NO. The van der Waals surface area contributed by atoms with Crippen LogP contribution in [-0.2, 0) is 0 Å². The lowest BCUT2D eigenvalue weighted by atomic mass is 10.0. The minimum atomic E-state index is 0.326. The zero-order valence-electron chi connectivity index (χ0n) is 13.8. The number of nitrogens with one attached hydrogen (secondary N) is 1. The van der Waals surface area contributed by atoms with Crippen molar-refractivity contribution in [1.29, 1.82) is 0 Å². The first-order valence-corrected chi connectivity index (χ1v) is 8.58. The predicted octanol–water partition coefficient (Wildman–Crippen LogP) is 6.54. The number of benzene rings is 3. The second-order valence-electron chi connectivity index (χ2n) is 6.21. The molecule has 1 heterocycles. The van der Waals surface area contributed by atoms with E-state index < -0.39 is 0 Å². The summed E-state index contributed by atoms with van der Waals surface area (Å²) in [5, 5.41) is 6.04. The van der Waals surface area contributed by atoms with E-state index >= 15 is 0 Å². The molecule has 1 N–H and O–H groups in total. The molecule has 4 aromatic rings. The Balaban J connectivity index is 1.71. The van der Waals surface area contributed by atoms with E-state index in [0.717, 1.165) is 29.7 Å². The third kappa shape index (κ3) is 2.76. The summed E-state index contributed by atoms with van der Waals surface area (Å²) in [5.41, 5.74) is 4.35. The predicted molar refractivity (Wildman–Crippen MR) is 101 cm³/mol. The summed E-state index contributed by atoms with van der Waals surface area (Å²) in [5.74, 6) is 0. The first-order chi connectivity index (χ1) is 11.8. The molecule has 0 aliphatic carbocycles. The fraction of sp³-hybridized carbons (Fsp3) is 0.182. The molecule has 1 aromatic heterocycles. The van der Waals surface area contributed by atoms with Gasteiger partial charge in [0.15, 0.2) is 0 Å². The molecule has 0 spiro atoms. The molecule has 0 aliphatic rings. The fourth-order valence-corrected chi connectivity index (χ4v) is 3.31. The molecule has 0 saturated heterocycles. The van der Waals surface area contributed by atoms with Crippen LogP contribution >= 0.6 is 0 Å². The minimum Gasteiger partial charge on any atom is -0.456 e. The third-order valence-electron chi connectivity index (χ3n) is 4.50. The number of anilines is 1. The van der Waals surface area contributed by atoms with E-state index in [0.29, 0.717) is 6.04 Å². The fourth-order valence-electron chi connectivity index (χ4n) is 3.31. The van der Waals surface area contributed by atoms with Crippen LogP contribution in [0.15, 0.2) is 77.2 Å². The lowest BCUT2D eigenvalue weighted by molar-refractivity contribution is 0.668. The van der Waals surface area contributed by atoms with Crippen LogP contribution in [0.2, 0.25) is 0 Å². The number of furan rings is 1. The van der Waals surface area contributed by atoms with Crippen LogP contribution in [0.1, 0.15) is 31.4 Å². The number of rotatable bonds is 5. The van der Waals surface area contributed by atoms with Gasteiger partial charge in [-0.15, -0.1) is 0 Å². The van der Waals surface area contributed by atoms with Crippen LogP contribution in [-0.4, -0.2) is 0 Å². The summed E-state index contributed by atoms with van der Waals surface area (Å²) in [4.78, 5) is 0. The number of hydrogen-bond donors (Lipinski definition) is 1. The molecule has 0 bridgehead atoms. The standard InChI is InChI=1S/C22H21NO/c1-2-8-20(16-9-4-3-5-10-16)23-17-13-14-22-19(15-17)18-11-6-7-12-21(18)24-22/h3-7,9-15,20,23H,2,8H2,1H3. The smallest absolute Gasteiger partial charge is 0.135 e. The second-order valence-corrected chi connectivity index (χ2v) is 6.21. The Morgan fingerprint density at radius 2 is 1.58 bits per heavy atom. The van der Waals surface area contributed by atoms with Crippen molar-refractivity contribution in [2.24, 2.45) is 0 Å². The minimum absolute atomic E-state index is 0.326. The number of fused-ring (bicyclic) bond motifs is 3. The van der Waals surface area contributed by atoms with Gasteiger partial charge in [0.25, 0.3) is 0 Å². The van der Waals surface area contributed by atoms with Crippen molar-refractivity contribution in [3.05, 3.63) is 78.4 Å². The number of para-hydroxylation sites is 1. The molecule has 2 heteroatoms. The van der Waals surface area contributed by atoms with Gasteiger partial charge in [0.05, 0.1) is 6.04 Å². The van der Waals surface area contributed by atoms with Crippen molar-refractivity contribution in [2.45, 2.75) is 25.8 Å². The van der Waals surface area contributed by atoms with E-state index in [1.807, 2.05) is 12.1 Å². The van der Waals surface area contributed by atoms with Gasteiger partial charge in [-0.2, -0.15) is 0 Å². The van der Waals surface area contributed by atoms with Gasteiger partial charge in [-0.3, -0.25) is 0 Å². The zero-order valence-corrected chi connectivity index (χ0v) is 13.8. The van der Waals surface area contributed by atoms with Crippen LogP contribution in [0.3, 0.4) is 0 Å². The quantitative estimate of drug-likeness (QED) is 0.452. The Hall–Kier alpha value is -2.74. The Kier molecular flexibility index (Phi) is 3.96. The van der Waals surface area contributed by atoms with Gasteiger partial charge in [-0.1, -0.05) is 61.9 Å². The van der Waals surface area contributed by atoms with Gasteiger partial charge in [0.1, 0.15) is 11.2 Å². The van der Waals surface area contributed by atoms with Gasteiger partial charge in [-0.25, -0.2) is 0 Å². The lowest BCUT2D eigenvalue weighted by Crippen LogP contribution is -2.10. The highest BCUT2D eigenvalue weighted by Crippen LogP contribution is 2.32. The first kappa shape index (κ1) is 14.8. The van der Waals surface area contributed by atoms with Crippen LogP contribution in [0.4, 0.5) is 5.69 Å². The number of hydrogen-bond acceptors (Lipinski definition) is 2. The SMILES string of the molecule is CCCC(Nc1ccc2oc3ccccc3c2c1)c1ccccc1. The van der Waals surface area contributed by atoms with Crippen molar-refractivity contribution < 1.29 is 4.42 Å². The van der Waals surface area contributed by atoms with Crippen LogP contribution in [0.5, 0.6) is 0 Å². The highest BCUT2D eigenvalue weighted by Gasteiger charge is 2.12. The molecule has 24 heavy (non-hydrogen) atoms. The highest BCUT2D eigenvalue weighted by atomic mass is 16.3. The van der Waals surface area contributed by atoms with Crippen molar-refractivity contribution in [3.8, 4) is 0 Å². The van der Waals surface area contributed by atoms with E-state index in [1.54, 1.807) is 0 Å². The Morgan fingerprint density at radius 3 is 2.42 bits per heavy atom. The maximum absolute atomic E-state index is 5.92. The van der Waals surface area contributed by atoms with Gasteiger partial charge in [0.2, 0.25) is 0 Å². The van der Waals surface area contributed by atoms with Crippen molar-refractivity contribution in [3.63, 3.8) is 0 Å². The average Bonchev–Trinajstić information content (AvgIpc) is 3.00. The molecule has 0 radical (unpaired) electrons. The molecular weight excluding hydrogens is 294 g/mol. The lowest BCUT2D eigenvalue weighted by Gasteiger charge is -2.20. The molecule has 0 fully saturated rings. The highest BCUT2D eigenvalue weighted by molar-refractivity contribution is 6.05. The van der Waals surface area contributed by atoms with E-state index in [4.69, 9.17) is 4.42 Å². The largest absolute Gasteiger partial charge is 0.456 e. The van der Waals surface area contributed by atoms with Crippen molar-refractivity contribution in [1.82, 2.24) is 0 Å². The summed E-state index contributed by atoms with van der Waals surface area (Å²) in [7, 11) is 0. The van der Waals surface area contributed by atoms with Crippen LogP contribution in [0, 0.1) is 0 Å². The van der Waals surface area contributed by atoms with Gasteiger partial charge >= 0.3 is 0 Å². The summed E-state index contributed by atoms with van der Waals surface area (Å²) in [6, 6.07) is 25.6. The van der Waals surface area contributed by atoms with Crippen LogP contribution < -0.4 is 5.32 Å². The van der Waals surface area contributed by atoms with Crippen LogP contribution in [0.25, 0.3) is 21.9 Å². The Labute approximate surface area is 142 Å². The van der Waals surface area contributed by atoms with Gasteiger partial charge in [-0.05, 0) is 36.2 Å². The third-order valence-corrected chi connectivity index (χ3v) is 4.50. The summed E-state index contributed by atoms with van der Waals surface area (Å²) in [6.45, 7) is 2.23.